The highest BCUT2D eigenvalue weighted by atomic mass is 16.3. The first-order chi connectivity index (χ1) is 8.09. The highest BCUT2D eigenvalue weighted by Gasteiger charge is 2.33. The first-order valence-corrected chi connectivity index (χ1v) is 7.29. The van der Waals surface area contributed by atoms with Gasteiger partial charge in [0.1, 0.15) is 0 Å². The molecule has 1 saturated heterocycles. The highest BCUT2D eigenvalue weighted by molar-refractivity contribution is 4.88. The number of nitrogens with zero attached hydrogens (tertiary/aromatic N) is 1. The van der Waals surface area contributed by atoms with Gasteiger partial charge in [0.15, 0.2) is 0 Å². The molecule has 2 atom stereocenters. The molecule has 2 fully saturated rings. The minimum atomic E-state index is -0.405. The largest absolute Gasteiger partial charge is 0.389 e. The topological polar surface area (TPSA) is 49.5 Å². The Morgan fingerprint density at radius 3 is 2.65 bits per heavy atom. The Bertz CT molecular complexity index is 236. The van der Waals surface area contributed by atoms with Crippen LogP contribution >= 0.6 is 0 Å². The smallest absolute Gasteiger partial charge is 0.0774 e. The molecular formula is C14H28N2O. The van der Waals surface area contributed by atoms with E-state index in [9.17, 15) is 5.11 Å². The fourth-order valence-electron chi connectivity index (χ4n) is 3.45. The van der Waals surface area contributed by atoms with Crippen LogP contribution in [0.5, 0.6) is 0 Å². The summed E-state index contributed by atoms with van der Waals surface area (Å²) in [5, 5.41) is 10.6. The molecule has 2 aliphatic rings. The molecule has 1 saturated carbocycles. The lowest BCUT2D eigenvalue weighted by molar-refractivity contribution is -0.0352. The van der Waals surface area contributed by atoms with E-state index in [2.05, 4.69) is 11.8 Å². The lowest BCUT2D eigenvalue weighted by Gasteiger charge is -2.41. The van der Waals surface area contributed by atoms with Crippen LogP contribution < -0.4 is 5.73 Å². The molecule has 3 N–H and O–H groups in total. The third kappa shape index (κ3) is 3.67. The molecule has 2 unspecified atom stereocenters. The molecular weight excluding hydrogens is 212 g/mol. The van der Waals surface area contributed by atoms with Gasteiger partial charge in [-0.25, -0.2) is 0 Å². The average molecular weight is 240 g/mol. The van der Waals surface area contributed by atoms with E-state index >= 15 is 0 Å². The quantitative estimate of drug-likeness (QED) is 0.790. The van der Waals surface area contributed by atoms with E-state index in [1.165, 1.54) is 32.1 Å². The molecule has 1 aliphatic heterocycles. The van der Waals surface area contributed by atoms with Crippen molar-refractivity contribution in [2.24, 2.45) is 11.7 Å². The molecule has 0 aromatic carbocycles. The summed E-state index contributed by atoms with van der Waals surface area (Å²) in [6, 6.07) is 0.291. The van der Waals surface area contributed by atoms with Gasteiger partial charge in [0.05, 0.1) is 5.60 Å². The van der Waals surface area contributed by atoms with Crippen molar-refractivity contribution >= 4 is 0 Å². The predicted molar refractivity (Wildman–Crippen MR) is 70.8 cm³/mol. The maximum Gasteiger partial charge on any atom is 0.0774 e. The van der Waals surface area contributed by atoms with E-state index in [0.717, 1.165) is 32.5 Å². The molecule has 0 aromatic rings. The van der Waals surface area contributed by atoms with E-state index in [-0.39, 0.29) is 0 Å². The zero-order valence-electron chi connectivity index (χ0n) is 11.2. The Kier molecular flexibility index (Phi) is 4.45. The third-order valence-corrected chi connectivity index (χ3v) is 4.59. The number of β-amino-alcohol motifs (C(OH)–C–C–N with tert-alkyl or cyclic N) is 1. The van der Waals surface area contributed by atoms with Gasteiger partial charge in [-0.2, -0.15) is 0 Å². The Morgan fingerprint density at radius 2 is 2.00 bits per heavy atom. The van der Waals surface area contributed by atoms with Gasteiger partial charge in [-0.05, 0) is 45.1 Å². The van der Waals surface area contributed by atoms with Crippen molar-refractivity contribution in [3.05, 3.63) is 0 Å². The molecule has 0 spiro atoms. The Morgan fingerprint density at radius 1 is 1.29 bits per heavy atom. The van der Waals surface area contributed by atoms with E-state index in [0.29, 0.717) is 12.0 Å². The third-order valence-electron chi connectivity index (χ3n) is 4.59. The van der Waals surface area contributed by atoms with Gasteiger partial charge in [0.2, 0.25) is 0 Å². The van der Waals surface area contributed by atoms with Crippen LogP contribution in [0.25, 0.3) is 0 Å². The zero-order valence-corrected chi connectivity index (χ0v) is 11.2. The Balaban J connectivity index is 1.85. The number of nitrogens with two attached hydrogens (primary N) is 1. The highest BCUT2D eigenvalue weighted by Crippen LogP contribution is 2.30. The van der Waals surface area contributed by atoms with Crippen molar-refractivity contribution in [2.45, 2.75) is 63.5 Å². The molecule has 3 nitrogen and oxygen atoms in total. The predicted octanol–water partition coefficient (Wildman–Crippen LogP) is 1.74. The van der Waals surface area contributed by atoms with Gasteiger partial charge >= 0.3 is 0 Å². The summed E-state index contributed by atoms with van der Waals surface area (Å²) in [5.41, 5.74) is 5.60. The summed E-state index contributed by atoms with van der Waals surface area (Å²) in [4.78, 5) is 2.45. The van der Waals surface area contributed by atoms with Gasteiger partial charge in [-0.15, -0.1) is 0 Å². The fourth-order valence-corrected chi connectivity index (χ4v) is 3.45. The average Bonchev–Trinajstić information content (AvgIpc) is 2.29. The van der Waals surface area contributed by atoms with Crippen LogP contribution in [0.4, 0.5) is 0 Å². The van der Waals surface area contributed by atoms with Crippen molar-refractivity contribution in [1.82, 2.24) is 4.90 Å². The molecule has 0 aromatic heterocycles. The van der Waals surface area contributed by atoms with Crippen LogP contribution in [0, 0.1) is 5.92 Å². The molecule has 100 valence electrons. The number of hydrogen-bond acceptors (Lipinski definition) is 3. The number of piperidine rings is 1. The van der Waals surface area contributed by atoms with Crippen LogP contribution in [0.2, 0.25) is 0 Å². The maximum atomic E-state index is 10.6. The van der Waals surface area contributed by atoms with Gasteiger partial charge in [0, 0.05) is 19.1 Å². The molecule has 0 bridgehead atoms. The zero-order chi connectivity index (χ0) is 12.3. The minimum absolute atomic E-state index is 0.291. The lowest BCUT2D eigenvalue weighted by atomic mass is 9.83. The molecule has 0 amide bonds. The van der Waals surface area contributed by atoms with E-state index in [1.54, 1.807) is 0 Å². The Hall–Kier alpha value is -0.120. The molecule has 1 aliphatic carbocycles. The van der Waals surface area contributed by atoms with Gasteiger partial charge < -0.3 is 15.7 Å². The number of aliphatic hydroxyl groups is 1. The van der Waals surface area contributed by atoms with E-state index in [4.69, 9.17) is 5.73 Å². The van der Waals surface area contributed by atoms with Crippen LogP contribution in [0.15, 0.2) is 0 Å². The minimum Gasteiger partial charge on any atom is -0.389 e. The second-order valence-electron chi connectivity index (χ2n) is 6.28. The Labute approximate surface area is 105 Å². The summed E-state index contributed by atoms with van der Waals surface area (Å²) in [6.45, 7) is 5.21. The summed E-state index contributed by atoms with van der Waals surface area (Å²) < 4.78 is 0. The van der Waals surface area contributed by atoms with Crippen molar-refractivity contribution in [3.63, 3.8) is 0 Å². The maximum absolute atomic E-state index is 10.6. The van der Waals surface area contributed by atoms with E-state index < -0.39 is 5.60 Å². The van der Waals surface area contributed by atoms with E-state index in [1.807, 2.05) is 0 Å². The molecule has 0 radical (unpaired) electrons. The van der Waals surface area contributed by atoms with Crippen molar-refractivity contribution in [1.29, 1.82) is 0 Å². The normalized spacial score (nSPS) is 32.3. The monoisotopic (exact) mass is 240 g/mol. The molecule has 17 heavy (non-hydrogen) atoms. The van der Waals surface area contributed by atoms with Crippen molar-refractivity contribution in [3.8, 4) is 0 Å². The lowest BCUT2D eigenvalue weighted by Crippen LogP contribution is -2.50. The summed E-state index contributed by atoms with van der Waals surface area (Å²) >= 11 is 0. The second kappa shape index (κ2) is 5.68. The molecule has 3 heteroatoms. The van der Waals surface area contributed by atoms with Crippen LogP contribution in [0.1, 0.15) is 51.9 Å². The number of rotatable bonds is 3. The number of hydrogen-bond donors (Lipinski definition) is 2. The summed E-state index contributed by atoms with van der Waals surface area (Å²) in [5.74, 6) is 0.621. The van der Waals surface area contributed by atoms with Crippen LogP contribution in [0.3, 0.4) is 0 Å². The van der Waals surface area contributed by atoms with Crippen molar-refractivity contribution < 1.29 is 5.11 Å². The molecule has 1 heterocycles. The fraction of sp³-hybridized carbons (Fsp3) is 1.00. The van der Waals surface area contributed by atoms with Gasteiger partial charge in [-0.3, -0.25) is 0 Å². The summed E-state index contributed by atoms with van der Waals surface area (Å²) in [7, 11) is 0. The second-order valence-corrected chi connectivity index (χ2v) is 6.28. The first kappa shape index (κ1) is 13.3. The van der Waals surface area contributed by atoms with Gasteiger partial charge in [0.25, 0.3) is 0 Å². The SMILES string of the molecule is CC(N)C1CCCN(CC2(O)CCCCC2)C1. The standard InChI is InChI=1S/C14H28N2O/c1-12(15)13-6-5-9-16(10-13)11-14(17)7-3-2-4-8-14/h12-13,17H,2-11,15H2,1H3. The van der Waals surface area contributed by atoms with Crippen LogP contribution in [-0.4, -0.2) is 41.3 Å². The number of likely N-dealkylation sites (tertiary alicyclic amines) is 1. The molecule has 2 rings (SSSR count). The van der Waals surface area contributed by atoms with Crippen molar-refractivity contribution in [2.75, 3.05) is 19.6 Å². The summed E-state index contributed by atoms with van der Waals surface area (Å²) in [6.07, 6.45) is 8.17. The van der Waals surface area contributed by atoms with Crippen LogP contribution in [-0.2, 0) is 0 Å². The first-order valence-electron chi connectivity index (χ1n) is 7.29. The van der Waals surface area contributed by atoms with Gasteiger partial charge in [-0.1, -0.05) is 19.3 Å².